The van der Waals surface area contributed by atoms with E-state index in [1.54, 1.807) is 12.4 Å². The molecule has 1 saturated carbocycles. The number of carbonyl (C=O) groups excluding carboxylic acids is 1. The molecule has 154 valence electrons. The molecule has 1 aliphatic carbocycles. The fourth-order valence-electron chi connectivity index (χ4n) is 4.47. The van der Waals surface area contributed by atoms with Gasteiger partial charge in [0.25, 0.3) is 0 Å². The first-order valence-corrected chi connectivity index (χ1v) is 10.7. The fraction of sp³-hybridized carbons (Fsp3) is 0.545. The number of anilines is 1. The van der Waals surface area contributed by atoms with E-state index in [4.69, 9.17) is 10.7 Å². The molecule has 1 amide bonds. The number of aromatic nitrogens is 3. The first-order valence-electron chi connectivity index (χ1n) is 10.7. The third kappa shape index (κ3) is 5.29. The second kappa shape index (κ2) is 9.31. The number of rotatable bonds is 5. The Morgan fingerprint density at radius 2 is 1.76 bits per heavy atom. The summed E-state index contributed by atoms with van der Waals surface area (Å²) in [5, 5.41) is 3.23. The van der Waals surface area contributed by atoms with Gasteiger partial charge in [0.15, 0.2) is 0 Å². The van der Waals surface area contributed by atoms with Crippen LogP contribution in [0, 0.1) is 0 Å². The predicted molar refractivity (Wildman–Crippen MR) is 113 cm³/mol. The number of nitrogens with zero attached hydrogens (tertiary/aromatic N) is 4. The Bertz CT molecular complexity index is 801. The number of pyridine rings is 1. The van der Waals surface area contributed by atoms with Gasteiger partial charge in [-0.15, -0.1) is 0 Å². The van der Waals surface area contributed by atoms with Gasteiger partial charge in [-0.25, -0.2) is 9.97 Å². The number of hydrogen-bond acceptors (Lipinski definition) is 6. The highest BCUT2D eigenvalue weighted by molar-refractivity contribution is 5.78. The van der Waals surface area contributed by atoms with Crippen LogP contribution in [-0.4, -0.2) is 51.4 Å². The minimum absolute atomic E-state index is 0.171. The Kier molecular flexibility index (Phi) is 6.34. The number of nitrogen functional groups attached to an aromatic ring is 1. The third-order valence-electron chi connectivity index (χ3n) is 6.05. The molecule has 0 aromatic carbocycles. The molecule has 1 atom stereocenters. The van der Waals surface area contributed by atoms with Crippen molar-refractivity contribution >= 4 is 11.9 Å². The smallest absolute Gasteiger partial charge is 0.234 e. The second-order valence-corrected chi connectivity index (χ2v) is 8.28. The lowest BCUT2D eigenvalue weighted by Crippen LogP contribution is -2.45. The van der Waals surface area contributed by atoms with Crippen LogP contribution >= 0.6 is 0 Å². The Morgan fingerprint density at radius 1 is 1.00 bits per heavy atom. The first kappa shape index (κ1) is 19.8. The van der Waals surface area contributed by atoms with E-state index in [9.17, 15) is 4.79 Å². The van der Waals surface area contributed by atoms with Crippen LogP contribution in [0.4, 0.5) is 5.95 Å². The van der Waals surface area contributed by atoms with Crippen molar-refractivity contribution in [2.24, 2.45) is 0 Å². The molecule has 3 N–H and O–H groups in total. The SMILES string of the molecule is Nc1ncc(-c2ccc(C3CCCN(CC(=O)NC4CCCCC4)C3)nc2)cn1. The van der Waals surface area contributed by atoms with Crippen molar-refractivity contribution in [3.05, 3.63) is 36.4 Å². The molecule has 0 bridgehead atoms. The van der Waals surface area contributed by atoms with Crippen LogP contribution in [-0.2, 0) is 4.79 Å². The highest BCUT2D eigenvalue weighted by Crippen LogP contribution is 2.27. The molecule has 1 aliphatic heterocycles. The normalized spacial score (nSPS) is 21.0. The minimum atomic E-state index is 0.171. The van der Waals surface area contributed by atoms with Crippen molar-refractivity contribution in [1.29, 1.82) is 0 Å². The van der Waals surface area contributed by atoms with Crippen molar-refractivity contribution < 1.29 is 4.79 Å². The zero-order valence-electron chi connectivity index (χ0n) is 16.9. The highest BCUT2D eigenvalue weighted by Gasteiger charge is 2.25. The quantitative estimate of drug-likeness (QED) is 0.809. The molecule has 29 heavy (non-hydrogen) atoms. The van der Waals surface area contributed by atoms with Gasteiger partial charge in [0.2, 0.25) is 11.9 Å². The van der Waals surface area contributed by atoms with Crippen LogP contribution in [0.25, 0.3) is 11.1 Å². The number of piperidine rings is 1. The molecule has 7 heteroatoms. The number of nitrogens with one attached hydrogen (secondary N) is 1. The molecule has 3 heterocycles. The van der Waals surface area contributed by atoms with Crippen molar-refractivity contribution in [2.75, 3.05) is 25.4 Å². The van der Waals surface area contributed by atoms with Crippen LogP contribution < -0.4 is 11.1 Å². The number of likely N-dealkylation sites (tertiary alicyclic amines) is 1. The molecule has 0 radical (unpaired) electrons. The zero-order valence-corrected chi connectivity index (χ0v) is 16.9. The van der Waals surface area contributed by atoms with Crippen molar-refractivity contribution in [3.63, 3.8) is 0 Å². The lowest BCUT2D eigenvalue weighted by atomic mass is 9.93. The summed E-state index contributed by atoms with van der Waals surface area (Å²) >= 11 is 0. The van der Waals surface area contributed by atoms with E-state index < -0.39 is 0 Å². The summed E-state index contributed by atoms with van der Waals surface area (Å²) in [6.07, 6.45) is 13.5. The summed E-state index contributed by atoms with van der Waals surface area (Å²) < 4.78 is 0. The van der Waals surface area contributed by atoms with Crippen LogP contribution in [0.3, 0.4) is 0 Å². The molecule has 0 spiro atoms. The molecule has 1 saturated heterocycles. The van der Waals surface area contributed by atoms with Gasteiger partial charge in [0.05, 0.1) is 6.54 Å². The van der Waals surface area contributed by atoms with Crippen LogP contribution in [0.1, 0.15) is 56.6 Å². The van der Waals surface area contributed by atoms with Gasteiger partial charge >= 0.3 is 0 Å². The maximum Gasteiger partial charge on any atom is 0.234 e. The van der Waals surface area contributed by atoms with Crippen molar-refractivity contribution in [1.82, 2.24) is 25.2 Å². The molecule has 4 rings (SSSR count). The lowest BCUT2D eigenvalue weighted by molar-refractivity contribution is -0.123. The molecule has 2 fully saturated rings. The monoisotopic (exact) mass is 394 g/mol. The van der Waals surface area contributed by atoms with E-state index >= 15 is 0 Å². The van der Waals surface area contributed by atoms with Gasteiger partial charge in [-0.3, -0.25) is 14.7 Å². The van der Waals surface area contributed by atoms with Gasteiger partial charge in [-0.2, -0.15) is 0 Å². The van der Waals surface area contributed by atoms with E-state index in [-0.39, 0.29) is 11.9 Å². The first-order chi connectivity index (χ1) is 14.2. The minimum Gasteiger partial charge on any atom is -0.368 e. The largest absolute Gasteiger partial charge is 0.368 e. The van der Waals surface area contributed by atoms with E-state index in [0.29, 0.717) is 18.5 Å². The molecule has 1 unspecified atom stereocenters. The number of hydrogen-bond donors (Lipinski definition) is 2. The van der Waals surface area contributed by atoms with Gasteiger partial charge < -0.3 is 11.1 Å². The summed E-state index contributed by atoms with van der Waals surface area (Å²) in [6, 6.07) is 4.52. The number of carbonyl (C=O) groups is 1. The maximum atomic E-state index is 12.5. The van der Waals surface area contributed by atoms with Gasteiger partial charge in [0, 0.05) is 53.9 Å². The van der Waals surface area contributed by atoms with Crippen molar-refractivity contribution in [3.8, 4) is 11.1 Å². The van der Waals surface area contributed by atoms with Gasteiger partial charge in [-0.05, 0) is 38.3 Å². The second-order valence-electron chi connectivity index (χ2n) is 8.28. The third-order valence-corrected chi connectivity index (χ3v) is 6.05. The Hall–Kier alpha value is -2.54. The summed E-state index contributed by atoms with van der Waals surface area (Å²) in [5.74, 6) is 0.806. The fourth-order valence-corrected chi connectivity index (χ4v) is 4.47. The molecular formula is C22H30N6O. The Labute approximate surface area is 172 Å². The standard InChI is InChI=1S/C22H30N6O/c23-22-25-12-18(13-26-22)16-8-9-20(24-11-16)17-5-4-10-28(14-17)15-21(29)27-19-6-2-1-3-7-19/h8-9,11-13,17,19H,1-7,10,14-15H2,(H,27,29)(H2,23,25,26). The molecule has 2 aliphatic rings. The van der Waals surface area contributed by atoms with E-state index in [1.807, 2.05) is 6.20 Å². The average Bonchev–Trinajstić information content (AvgIpc) is 2.75. The lowest BCUT2D eigenvalue weighted by Gasteiger charge is -2.32. The van der Waals surface area contributed by atoms with Gasteiger partial charge in [0.1, 0.15) is 0 Å². The topological polar surface area (TPSA) is 97.0 Å². The van der Waals surface area contributed by atoms with E-state index in [1.165, 1.54) is 19.3 Å². The van der Waals surface area contributed by atoms with Crippen molar-refractivity contribution in [2.45, 2.75) is 56.9 Å². The van der Waals surface area contributed by atoms with Gasteiger partial charge in [-0.1, -0.05) is 25.3 Å². The highest BCUT2D eigenvalue weighted by atomic mass is 16.2. The van der Waals surface area contributed by atoms with Crippen LogP contribution in [0.15, 0.2) is 30.7 Å². The number of nitrogens with two attached hydrogens (primary N) is 1. The Balaban J connectivity index is 1.33. The zero-order chi connectivity index (χ0) is 20.1. The molecule has 7 nitrogen and oxygen atoms in total. The summed E-state index contributed by atoms with van der Waals surface area (Å²) in [7, 11) is 0. The number of amides is 1. The Morgan fingerprint density at radius 3 is 2.48 bits per heavy atom. The summed E-state index contributed by atoms with van der Waals surface area (Å²) in [4.78, 5) is 27.5. The van der Waals surface area contributed by atoms with E-state index in [2.05, 4.69) is 32.3 Å². The maximum absolute atomic E-state index is 12.5. The molecule has 2 aromatic heterocycles. The van der Waals surface area contributed by atoms with E-state index in [0.717, 1.165) is 55.6 Å². The van der Waals surface area contributed by atoms with Crippen LogP contribution in [0.5, 0.6) is 0 Å². The summed E-state index contributed by atoms with van der Waals surface area (Å²) in [6.45, 7) is 2.36. The average molecular weight is 395 g/mol. The van der Waals surface area contributed by atoms with Crippen LogP contribution in [0.2, 0.25) is 0 Å². The molecular weight excluding hydrogens is 364 g/mol. The summed E-state index contributed by atoms with van der Waals surface area (Å²) in [5.41, 5.74) is 8.53. The predicted octanol–water partition coefficient (Wildman–Crippen LogP) is 2.75. The molecule has 2 aromatic rings.